The maximum Gasteiger partial charge on any atom is 0.336 e. The second-order valence-corrected chi connectivity index (χ2v) is 6.99. The predicted molar refractivity (Wildman–Crippen MR) is 78.5 cm³/mol. The smallest absolute Gasteiger partial charge is 0.336 e. The summed E-state index contributed by atoms with van der Waals surface area (Å²) in [4.78, 5) is 22.3. The first-order valence-electron chi connectivity index (χ1n) is 5.76. The lowest BCUT2D eigenvalue weighted by Crippen LogP contribution is -2.14. The maximum atomic E-state index is 12.2. The van der Waals surface area contributed by atoms with Gasteiger partial charge in [0.15, 0.2) is 5.78 Å². The van der Waals surface area contributed by atoms with Crippen molar-refractivity contribution in [2.24, 2.45) is 0 Å². The SMILES string of the molecule is CC(=O)c1ccccc1NS(=O)(=O)c1cc(C(=O)O)cs1. The fraction of sp³-hybridized carbons (Fsp3) is 0.0769. The minimum atomic E-state index is -3.93. The van der Waals surface area contributed by atoms with Gasteiger partial charge >= 0.3 is 5.97 Å². The van der Waals surface area contributed by atoms with Crippen LogP contribution >= 0.6 is 11.3 Å². The van der Waals surface area contributed by atoms with Crippen molar-refractivity contribution < 1.29 is 23.1 Å². The highest BCUT2D eigenvalue weighted by Crippen LogP contribution is 2.25. The lowest BCUT2D eigenvalue weighted by atomic mass is 10.1. The standard InChI is InChI=1S/C13H11NO5S2/c1-8(15)10-4-2-3-5-11(10)14-21(18,19)12-6-9(7-20-12)13(16)17/h2-7,14H,1H3,(H,16,17). The number of anilines is 1. The van der Waals surface area contributed by atoms with Crippen LogP contribution in [0.1, 0.15) is 27.6 Å². The molecular formula is C13H11NO5S2. The van der Waals surface area contributed by atoms with Gasteiger partial charge in [0.1, 0.15) is 4.21 Å². The molecule has 0 fully saturated rings. The van der Waals surface area contributed by atoms with Crippen LogP contribution in [-0.4, -0.2) is 25.3 Å². The third-order valence-electron chi connectivity index (χ3n) is 2.64. The largest absolute Gasteiger partial charge is 0.478 e. The van der Waals surface area contributed by atoms with Gasteiger partial charge in [-0.25, -0.2) is 13.2 Å². The molecule has 6 nitrogen and oxygen atoms in total. The molecule has 0 spiro atoms. The highest BCUT2D eigenvalue weighted by Gasteiger charge is 2.20. The zero-order valence-corrected chi connectivity index (χ0v) is 12.5. The first-order valence-corrected chi connectivity index (χ1v) is 8.12. The molecular weight excluding hydrogens is 314 g/mol. The molecule has 1 aromatic carbocycles. The molecule has 0 saturated heterocycles. The summed E-state index contributed by atoms with van der Waals surface area (Å²) >= 11 is 0.802. The van der Waals surface area contributed by atoms with Crippen molar-refractivity contribution in [2.75, 3.05) is 4.72 Å². The molecule has 0 amide bonds. The third kappa shape index (κ3) is 3.29. The number of carboxylic acids is 1. The minimum Gasteiger partial charge on any atom is -0.478 e. The Bertz CT molecular complexity index is 807. The Hall–Kier alpha value is -2.19. The van der Waals surface area contributed by atoms with E-state index in [2.05, 4.69) is 4.72 Å². The molecule has 21 heavy (non-hydrogen) atoms. The van der Waals surface area contributed by atoms with Crippen LogP contribution in [-0.2, 0) is 10.0 Å². The van der Waals surface area contributed by atoms with Gasteiger partial charge in [-0.2, -0.15) is 0 Å². The number of carbonyl (C=O) groups is 2. The maximum absolute atomic E-state index is 12.2. The molecule has 2 aromatic rings. The van der Waals surface area contributed by atoms with Crippen molar-refractivity contribution in [1.29, 1.82) is 0 Å². The molecule has 0 unspecified atom stereocenters. The highest BCUT2D eigenvalue weighted by molar-refractivity contribution is 7.94. The lowest BCUT2D eigenvalue weighted by Gasteiger charge is -2.09. The second-order valence-electron chi connectivity index (χ2n) is 4.17. The first kappa shape index (κ1) is 15.2. The van der Waals surface area contributed by atoms with Crippen LogP contribution in [0.15, 0.2) is 39.9 Å². The molecule has 1 heterocycles. The number of rotatable bonds is 5. The Labute approximate surface area is 125 Å². The van der Waals surface area contributed by atoms with E-state index < -0.39 is 16.0 Å². The number of carbonyl (C=O) groups excluding carboxylic acids is 1. The van der Waals surface area contributed by atoms with Crippen LogP contribution < -0.4 is 4.72 Å². The predicted octanol–water partition coefficient (Wildman–Crippen LogP) is 2.45. The molecule has 0 saturated carbocycles. The van der Waals surface area contributed by atoms with Gasteiger partial charge in [0.05, 0.1) is 11.3 Å². The van der Waals surface area contributed by atoms with Crippen LogP contribution in [0, 0.1) is 0 Å². The van der Waals surface area contributed by atoms with E-state index >= 15 is 0 Å². The Morgan fingerprint density at radius 3 is 2.48 bits per heavy atom. The molecule has 0 bridgehead atoms. The number of hydrogen-bond acceptors (Lipinski definition) is 5. The second kappa shape index (κ2) is 5.66. The van der Waals surface area contributed by atoms with Crippen molar-refractivity contribution in [3.05, 3.63) is 46.8 Å². The molecule has 0 aliphatic rings. The Morgan fingerprint density at radius 1 is 1.24 bits per heavy atom. The van der Waals surface area contributed by atoms with Crippen LogP contribution in [0.5, 0.6) is 0 Å². The molecule has 0 atom stereocenters. The average molecular weight is 325 g/mol. The van der Waals surface area contributed by atoms with Crippen molar-refractivity contribution in [2.45, 2.75) is 11.1 Å². The van der Waals surface area contributed by atoms with E-state index in [0.29, 0.717) is 0 Å². The average Bonchev–Trinajstić information content (AvgIpc) is 2.89. The van der Waals surface area contributed by atoms with E-state index in [-0.39, 0.29) is 26.8 Å². The van der Waals surface area contributed by atoms with Crippen molar-refractivity contribution in [3.8, 4) is 0 Å². The normalized spacial score (nSPS) is 11.1. The monoisotopic (exact) mass is 325 g/mol. The van der Waals surface area contributed by atoms with E-state index in [4.69, 9.17) is 5.11 Å². The van der Waals surface area contributed by atoms with Gasteiger partial charge in [-0.05, 0) is 25.1 Å². The van der Waals surface area contributed by atoms with E-state index in [0.717, 1.165) is 17.4 Å². The Morgan fingerprint density at radius 2 is 1.90 bits per heavy atom. The topological polar surface area (TPSA) is 101 Å². The number of hydrogen-bond donors (Lipinski definition) is 2. The van der Waals surface area contributed by atoms with Crippen LogP contribution in [0.3, 0.4) is 0 Å². The molecule has 2 N–H and O–H groups in total. The summed E-state index contributed by atoms with van der Waals surface area (Å²) in [5.74, 6) is -1.47. The fourth-order valence-electron chi connectivity index (χ4n) is 1.64. The lowest BCUT2D eigenvalue weighted by molar-refractivity contribution is 0.0697. The van der Waals surface area contributed by atoms with Crippen molar-refractivity contribution >= 4 is 38.8 Å². The number of ketones is 1. The number of Topliss-reactive ketones (excluding diaryl/α,β-unsaturated/α-hetero) is 1. The van der Waals surface area contributed by atoms with E-state index in [1.807, 2.05) is 0 Å². The molecule has 1 aromatic heterocycles. The molecule has 0 radical (unpaired) electrons. The summed E-state index contributed by atoms with van der Waals surface area (Å²) in [7, 11) is -3.93. The van der Waals surface area contributed by atoms with Gasteiger partial charge in [-0.15, -0.1) is 11.3 Å². The van der Waals surface area contributed by atoms with Gasteiger partial charge in [0.25, 0.3) is 10.0 Å². The number of nitrogens with one attached hydrogen (secondary N) is 1. The fourth-order valence-corrected chi connectivity index (χ4v) is 3.88. The van der Waals surface area contributed by atoms with E-state index in [9.17, 15) is 18.0 Å². The molecule has 8 heteroatoms. The van der Waals surface area contributed by atoms with Gasteiger partial charge in [-0.1, -0.05) is 12.1 Å². The number of thiophene rings is 1. The minimum absolute atomic E-state index is 0.0970. The molecule has 0 aliphatic heterocycles. The zero-order valence-electron chi connectivity index (χ0n) is 10.9. The summed E-state index contributed by atoms with van der Waals surface area (Å²) in [6.45, 7) is 1.33. The molecule has 110 valence electrons. The van der Waals surface area contributed by atoms with Gasteiger partial charge in [-0.3, -0.25) is 9.52 Å². The van der Waals surface area contributed by atoms with Crippen molar-refractivity contribution in [1.82, 2.24) is 0 Å². The summed E-state index contributed by atoms with van der Waals surface area (Å²) in [6, 6.07) is 7.28. The zero-order chi connectivity index (χ0) is 15.6. The van der Waals surface area contributed by atoms with Gasteiger partial charge in [0.2, 0.25) is 0 Å². The van der Waals surface area contributed by atoms with Crippen molar-refractivity contribution in [3.63, 3.8) is 0 Å². The number of benzene rings is 1. The number of para-hydroxylation sites is 1. The van der Waals surface area contributed by atoms with Crippen LogP contribution in [0.25, 0.3) is 0 Å². The number of sulfonamides is 1. The summed E-state index contributed by atoms with van der Waals surface area (Å²) < 4.78 is 26.6. The van der Waals surface area contributed by atoms with Gasteiger partial charge < -0.3 is 5.11 Å². The number of carboxylic acid groups (broad SMARTS) is 1. The van der Waals surface area contributed by atoms with Crippen LogP contribution in [0.2, 0.25) is 0 Å². The van der Waals surface area contributed by atoms with E-state index in [1.165, 1.54) is 24.4 Å². The Kier molecular flexibility index (Phi) is 4.10. The molecule has 0 aliphatic carbocycles. The van der Waals surface area contributed by atoms with Gasteiger partial charge in [0, 0.05) is 10.9 Å². The first-order chi connectivity index (χ1) is 9.81. The van der Waals surface area contributed by atoms with Crippen LogP contribution in [0.4, 0.5) is 5.69 Å². The quantitative estimate of drug-likeness (QED) is 0.822. The highest BCUT2D eigenvalue weighted by atomic mass is 32.2. The summed E-state index contributed by atoms with van der Waals surface area (Å²) in [6.07, 6.45) is 0. The van der Waals surface area contributed by atoms with E-state index in [1.54, 1.807) is 12.1 Å². The number of aromatic carboxylic acids is 1. The third-order valence-corrected chi connectivity index (χ3v) is 5.44. The summed E-state index contributed by atoms with van der Waals surface area (Å²) in [5.41, 5.74) is 0.312. The molecule has 2 rings (SSSR count). The Balaban J connectivity index is 2.37. The summed E-state index contributed by atoms with van der Waals surface area (Å²) in [5, 5.41) is 10.1.